The van der Waals surface area contributed by atoms with Crippen molar-refractivity contribution in [3.05, 3.63) is 88.9 Å². The highest BCUT2D eigenvalue weighted by Gasteiger charge is 2.08. The van der Waals surface area contributed by atoms with Gasteiger partial charge in [0.25, 0.3) is 5.91 Å². The van der Waals surface area contributed by atoms with Gasteiger partial charge in [0.1, 0.15) is 11.6 Å². The van der Waals surface area contributed by atoms with E-state index in [1.165, 1.54) is 0 Å². The Morgan fingerprint density at radius 3 is 2.61 bits per heavy atom. The summed E-state index contributed by atoms with van der Waals surface area (Å²) in [5.41, 5.74) is 4.53. The number of aromatic nitrogens is 1. The predicted octanol–water partition coefficient (Wildman–Crippen LogP) is 6.27. The number of nitrogens with zero attached hydrogens (tertiary/aromatic N) is 1. The van der Waals surface area contributed by atoms with Gasteiger partial charge in [-0.15, -0.1) is 0 Å². The number of rotatable bonds is 6. The van der Waals surface area contributed by atoms with E-state index >= 15 is 0 Å². The maximum atomic E-state index is 12.3. The van der Waals surface area contributed by atoms with Gasteiger partial charge in [0.05, 0.1) is 5.52 Å². The quantitative estimate of drug-likeness (QED) is 0.378. The van der Waals surface area contributed by atoms with Gasteiger partial charge >= 0.3 is 0 Å². The van der Waals surface area contributed by atoms with Gasteiger partial charge in [-0.3, -0.25) is 4.79 Å². The molecule has 5 nitrogen and oxygen atoms in total. The van der Waals surface area contributed by atoms with Crippen LogP contribution in [0, 0.1) is 13.8 Å². The van der Waals surface area contributed by atoms with Crippen LogP contribution in [0.4, 0.5) is 17.2 Å². The van der Waals surface area contributed by atoms with Crippen LogP contribution in [-0.2, 0) is 4.79 Å². The maximum absolute atomic E-state index is 12.3. The molecule has 0 aliphatic rings. The van der Waals surface area contributed by atoms with Gasteiger partial charge in [-0.25, -0.2) is 4.98 Å². The number of anilines is 3. The SMILES string of the molecule is Cc1cccc(OCC(=O)Nc2ccc3nc(Nc4cccc(Cl)c4)cc(C)c3c2)c1. The minimum Gasteiger partial charge on any atom is -0.484 e. The Morgan fingerprint density at radius 2 is 1.81 bits per heavy atom. The number of benzene rings is 3. The van der Waals surface area contributed by atoms with Crippen LogP contribution in [0.1, 0.15) is 11.1 Å². The van der Waals surface area contributed by atoms with Crippen molar-refractivity contribution in [3.8, 4) is 5.75 Å². The Hall–Kier alpha value is -3.57. The summed E-state index contributed by atoms with van der Waals surface area (Å²) >= 11 is 6.06. The van der Waals surface area contributed by atoms with Gasteiger partial charge in [-0.05, 0) is 79.6 Å². The fraction of sp³-hybridized carbons (Fsp3) is 0.120. The Labute approximate surface area is 186 Å². The van der Waals surface area contributed by atoms with Crippen LogP contribution in [-0.4, -0.2) is 17.5 Å². The average molecular weight is 432 g/mol. The number of fused-ring (bicyclic) bond motifs is 1. The Bertz CT molecular complexity index is 1260. The standard InChI is InChI=1S/C25H22ClN3O2/c1-16-5-3-8-21(11-16)31-15-25(30)28-20-9-10-23-22(14-20)17(2)12-24(29-23)27-19-7-4-6-18(26)13-19/h3-14H,15H2,1-2H3,(H,27,29)(H,28,30). The number of aryl methyl sites for hydroxylation is 2. The van der Waals surface area contributed by atoms with E-state index in [1.807, 2.05) is 86.6 Å². The first-order valence-corrected chi connectivity index (χ1v) is 10.3. The molecule has 0 fully saturated rings. The number of amides is 1. The molecule has 1 heterocycles. The number of carbonyl (C=O) groups excluding carboxylic acids is 1. The molecule has 1 amide bonds. The topological polar surface area (TPSA) is 63.2 Å². The van der Waals surface area contributed by atoms with Crippen LogP contribution in [0.15, 0.2) is 72.8 Å². The van der Waals surface area contributed by atoms with Crippen molar-refractivity contribution in [2.45, 2.75) is 13.8 Å². The van der Waals surface area contributed by atoms with Crippen LogP contribution < -0.4 is 15.4 Å². The molecule has 6 heteroatoms. The normalized spacial score (nSPS) is 10.7. The first-order chi connectivity index (χ1) is 15.0. The number of pyridine rings is 1. The fourth-order valence-corrected chi connectivity index (χ4v) is 3.49. The van der Waals surface area contributed by atoms with E-state index < -0.39 is 0 Å². The molecule has 4 rings (SSSR count). The number of hydrogen-bond donors (Lipinski definition) is 2. The summed E-state index contributed by atoms with van der Waals surface area (Å²) in [7, 11) is 0. The number of hydrogen-bond acceptors (Lipinski definition) is 4. The lowest BCUT2D eigenvalue weighted by molar-refractivity contribution is -0.118. The Balaban J connectivity index is 1.46. The fourth-order valence-electron chi connectivity index (χ4n) is 3.30. The van der Waals surface area contributed by atoms with E-state index in [0.717, 1.165) is 33.5 Å². The minimum absolute atomic E-state index is 0.0543. The lowest BCUT2D eigenvalue weighted by Crippen LogP contribution is -2.20. The molecule has 0 saturated heterocycles. The van der Waals surface area contributed by atoms with Crippen LogP contribution >= 0.6 is 11.6 Å². The lowest BCUT2D eigenvalue weighted by Gasteiger charge is -2.12. The molecule has 2 N–H and O–H groups in total. The molecule has 0 bridgehead atoms. The minimum atomic E-state index is -0.217. The van der Waals surface area contributed by atoms with E-state index in [1.54, 1.807) is 0 Å². The molecule has 1 aromatic heterocycles. The molecular weight excluding hydrogens is 410 g/mol. The molecule has 4 aromatic rings. The van der Waals surface area contributed by atoms with Crippen molar-refractivity contribution >= 4 is 45.6 Å². The third-order valence-electron chi connectivity index (χ3n) is 4.76. The number of nitrogens with one attached hydrogen (secondary N) is 2. The van der Waals surface area contributed by atoms with Crippen molar-refractivity contribution in [1.29, 1.82) is 0 Å². The van der Waals surface area contributed by atoms with Crippen molar-refractivity contribution in [1.82, 2.24) is 4.98 Å². The third kappa shape index (κ3) is 5.32. The molecule has 0 radical (unpaired) electrons. The second-order valence-corrected chi connectivity index (χ2v) is 7.78. The molecule has 156 valence electrons. The monoisotopic (exact) mass is 431 g/mol. The van der Waals surface area contributed by atoms with E-state index in [-0.39, 0.29) is 12.5 Å². The van der Waals surface area contributed by atoms with Gasteiger partial charge in [-0.2, -0.15) is 0 Å². The van der Waals surface area contributed by atoms with E-state index in [9.17, 15) is 4.79 Å². The number of carbonyl (C=O) groups is 1. The largest absolute Gasteiger partial charge is 0.484 e. The summed E-state index contributed by atoms with van der Waals surface area (Å²) < 4.78 is 5.57. The van der Waals surface area contributed by atoms with E-state index in [4.69, 9.17) is 16.3 Å². The van der Waals surface area contributed by atoms with E-state index in [0.29, 0.717) is 16.5 Å². The van der Waals surface area contributed by atoms with Crippen molar-refractivity contribution in [2.24, 2.45) is 0 Å². The first kappa shape index (κ1) is 20.7. The summed E-state index contributed by atoms with van der Waals surface area (Å²) in [6.07, 6.45) is 0. The molecular formula is C25H22ClN3O2. The summed E-state index contributed by atoms with van der Waals surface area (Å²) in [5, 5.41) is 7.79. The van der Waals surface area contributed by atoms with Gasteiger partial charge in [-0.1, -0.05) is 29.8 Å². The van der Waals surface area contributed by atoms with Crippen LogP contribution in [0.3, 0.4) is 0 Å². The molecule has 0 unspecified atom stereocenters. The highest BCUT2D eigenvalue weighted by molar-refractivity contribution is 6.30. The highest BCUT2D eigenvalue weighted by atomic mass is 35.5. The smallest absolute Gasteiger partial charge is 0.262 e. The molecule has 0 aliphatic carbocycles. The first-order valence-electron chi connectivity index (χ1n) is 9.89. The van der Waals surface area contributed by atoms with Crippen LogP contribution in [0.2, 0.25) is 5.02 Å². The van der Waals surface area contributed by atoms with Crippen LogP contribution in [0.5, 0.6) is 5.75 Å². The highest BCUT2D eigenvalue weighted by Crippen LogP contribution is 2.26. The summed E-state index contributed by atoms with van der Waals surface area (Å²) in [5.74, 6) is 1.19. The second kappa shape index (κ2) is 9.06. The van der Waals surface area contributed by atoms with E-state index in [2.05, 4.69) is 15.6 Å². The molecule has 0 aliphatic heterocycles. The predicted molar refractivity (Wildman–Crippen MR) is 127 cm³/mol. The zero-order valence-corrected chi connectivity index (χ0v) is 18.0. The second-order valence-electron chi connectivity index (χ2n) is 7.35. The van der Waals surface area contributed by atoms with Gasteiger partial charge < -0.3 is 15.4 Å². The molecule has 0 saturated carbocycles. The van der Waals surface area contributed by atoms with Gasteiger partial charge in [0, 0.05) is 21.8 Å². The lowest BCUT2D eigenvalue weighted by atomic mass is 10.1. The Kier molecular flexibility index (Phi) is 6.05. The summed E-state index contributed by atoms with van der Waals surface area (Å²) in [4.78, 5) is 17.0. The van der Waals surface area contributed by atoms with Gasteiger partial charge in [0.2, 0.25) is 0 Å². The summed E-state index contributed by atoms with van der Waals surface area (Å²) in [6.45, 7) is 3.94. The van der Waals surface area contributed by atoms with Gasteiger partial charge in [0.15, 0.2) is 6.61 Å². The number of halogens is 1. The maximum Gasteiger partial charge on any atom is 0.262 e. The third-order valence-corrected chi connectivity index (χ3v) is 4.99. The average Bonchev–Trinajstić information content (AvgIpc) is 2.73. The molecule has 0 spiro atoms. The number of ether oxygens (including phenoxy) is 1. The van der Waals surface area contributed by atoms with Crippen LogP contribution in [0.25, 0.3) is 10.9 Å². The van der Waals surface area contributed by atoms with Crippen molar-refractivity contribution in [3.63, 3.8) is 0 Å². The zero-order chi connectivity index (χ0) is 21.8. The molecule has 3 aromatic carbocycles. The molecule has 31 heavy (non-hydrogen) atoms. The van der Waals surface area contributed by atoms with Crippen molar-refractivity contribution in [2.75, 3.05) is 17.2 Å². The van der Waals surface area contributed by atoms with Crippen molar-refractivity contribution < 1.29 is 9.53 Å². The zero-order valence-electron chi connectivity index (χ0n) is 17.3. The summed E-state index contributed by atoms with van der Waals surface area (Å²) in [6, 6.07) is 22.7. The molecule has 0 atom stereocenters. The Morgan fingerprint density at radius 1 is 0.968 bits per heavy atom.